The number of nitrogens with one attached hydrogen (secondary N) is 1. The van der Waals surface area contributed by atoms with Crippen molar-refractivity contribution >= 4 is 11.5 Å². The average Bonchev–Trinajstić information content (AvgIpc) is 3.22. The number of hydrogen-bond donors (Lipinski definition) is 1. The zero-order chi connectivity index (χ0) is 15.6. The van der Waals surface area contributed by atoms with Crippen molar-refractivity contribution < 1.29 is 0 Å². The van der Waals surface area contributed by atoms with Gasteiger partial charge in [0.2, 0.25) is 0 Å². The molecule has 7 nitrogen and oxygen atoms in total. The molecule has 0 aliphatic carbocycles. The van der Waals surface area contributed by atoms with Crippen molar-refractivity contribution in [2.24, 2.45) is 0 Å². The van der Waals surface area contributed by atoms with E-state index in [0.717, 1.165) is 22.8 Å². The van der Waals surface area contributed by atoms with Gasteiger partial charge in [-0.05, 0) is 37.3 Å². The Morgan fingerprint density at radius 3 is 2.74 bits per heavy atom. The topological polar surface area (TPSA) is 72.9 Å². The Balaban J connectivity index is 1.48. The molecule has 1 N–H and O–H groups in total. The van der Waals surface area contributed by atoms with Crippen LogP contribution in [0.1, 0.15) is 11.3 Å². The van der Waals surface area contributed by atoms with E-state index in [1.807, 2.05) is 29.1 Å². The van der Waals surface area contributed by atoms with E-state index in [2.05, 4.69) is 56.9 Å². The fraction of sp³-hybridized carbons (Fsp3) is 0.125. The molecule has 23 heavy (non-hydrogen) atoms. The molecule has 4 aromatic rings. The van der Waals surface area contributed by atoms with Crippen LogP contribution in [-0.2, 0) is 6.54 Å². The van der Waals surface area contributed by atoms with Gasteiger partial charge in [-0.25, -0.2) is 4.68 Å². The second kappa shape index (κ2) is 5.53. The molecule has 3 heterocycles. The Morgan fingerprint density at radius 1 is 1.00 bits per heavy atom. The Bertz CT molecular complexity index is 936. The lowest BCUT2D eigenvalue weighted by Gasteiger charge is -2.04. The number of nitrogens with zero attached hydrogens (tertiary/aromatic N) is 6. The SMILES string of the molecule is Cc1ccc(-n2ccc(CNc3ccc4nncn4n3)n2)cc1. The zero-order valence-electron chi connectivity index (χ0n) is 12.6. The molecule has 4 rings (SSSR count). The molecule has 0 spiro atoms. The molecule has 0 bridgehead atoms. The van der Waals surface area contributed by atoms with Crippen LogP contribution >= 0.6 is 0 Å². The molecule has 0 unspecified atom stereocenters. The maximum absolute atomic E-state index is 4.57. The minimum absolute atomic E-state index is 0.597. The Morgan fingerprint density at radius 2 is 1.87 bits per heavy atom. The standard InChI is InChI=1S/C16H15N7/c1-12-2-4-14(5-3-12)22-9-8-13(20-22)10-17-15-6-7-16-19-18-11-23(16)21-15/h2-9,11H,10H2,1H3,(H,17,21). The van der Waals surface area contributed by atoms with Gasteiger partial charge in [-0.15, -0.1) is 15.3 Å². The van der Waals surface area contributed by atoms with Gasteiger partial charge < -0.3 is 5.32 Å². The summed E-state index contributed by atoms with van der Waals surface area (Å²) in [6.45, 7) is 2.67. The van der Waals surface area contributed by atoms with Crippen molar-refractivity contribution in [2.45, 2.75) is 13.5 Å². The largest absolute Gasteiger partial charge is 0.363 e. The quantitative estimate of drug-likeness (QED) is 0.626. The smallest absolute Gasteiger partial charge is 0.177 e. The summed E-state index contributed by atoms with van der Waals surface area (Å²) >= 11 is 0. The minimum atomic E-state index is 0.597. The normalized spacial score (nSPS) is 11.0. The first kappa shape index (κ1) is 13.4. The van der Waals surface area contributed by atoms with Crippen LogP contribution < -0.4 is 5.32 Å². The summed E-state index contributed by atoms with van der Waals surface area (Å²) in [5, 5.41) is 19.9. The predicted molar refractivity (Wildman–Crippen MR) is 86.4 cm³/mol. The van der Waals surface area contributed by atoms with Crippen molar-refractivity contribution in [3.63, 3.8) is 0 Å². The van der Waals surface area contributed by atoms with Gasteiger partial charge in [0, 0.05) is 6.20 Å². The third-order valence-corrected chi connectivity index (χ3v) is 3.56. The van der Waals surface area contributed by atoms with Gasteiger partial charge in [0.15, 0.2) is 5.65 Å². The van der Waals surface area contributed by atoms with Crippen molar-refractivity contribution in [1.82, 2.24) is 29.6 Å². The van der Waals surface area contributed by atoms with E-state index < -0.39 is 0 Å². The third kappa shape index (κ3) is 2.76. The van der Waals surface area contributed by atoms with Crippen LogP contribution in [0.5, 0.6) is 0 Å². The number of fused-ring (bicyclic) bond motifs is 1. The maximum atomic E-state index is 4.57. The molecule has 0 aliphatic rings. The van der Waals surface area contributed by atoms with Crippen LogP contribution in [0, 0.1) is 6.92 Å². The highest BCUT2D eigenvalue weighted by molar-refractivity contribution is 5.43. The van der Waals surface area contributed by atoms with Crippen molar-refractivity contribution in [3.05, 3.63) is 66.2 Å². The van der Waals surface area contributed by atoms with E-state index in [1.54, 1.807) is 10.8 Å². The molecular weight excluding hydrogens is 290 g/mol. The summed E-state index contributed by atoms with van der Waals surface area (Å²) in [5.74, 6) is 0.752. The van der Waals surface area contributed by atoms with Crippen LogP contribution in [0.4, 0.5) is 5.82 Å². The number of aryl methyl sites for hydroxylation is 1. The summed E-state index contributed by atoms with van der Waals surface area (Å²) in [4.78, 5) is 0. The van der Waals surface area contributed by atoms with E-state index >= 15 is 0 Å². The molecule has 114 valence electrons. The lowest BCUT2D eigenvalue weighted by atomic mass is 10.2. The number of benzene rings is 1. The van der Waals surface area contributed by atoms with Gasteiger partial charge in [0.1, 0.15) is 12.1 Å². The Hall–Kier alpha value is -3.22. The first-order chi connectivity index (χ1) is 11.3. The lowest BCUT2D eigenvalue weighted by molar-refractivity contribution is 0.838. The van der Waals surface area contributed by atoms with Gasteiger partial charge in [-0.3, -0.25) is 0 Å². The molecule has 0 amide bonds. The molecule has 0 aliphatic heterocycles. The summed E-state index contributed by atoms with van der Waals surface area (Å²) in [5.41, 5.74) is 3.94. The van der Waals surface area contributed by atoms with E-state index in [9.17, 15) is 0 Å². The third-order valence-electron chi connectivity index (χ3n) is 3.56. The van der Waals surface area contributed by atoms with Crippen LogP contribution in [0.25, 0.3) is 11.3 Å². The van der Waals surface area contributed by atoms with Crippen molar-refractivity contribution in [2.75, 3.05) is 5.32 Å². The highest BCUT2D eigenvalue weighted by Gasteiger charge is 2.03. The van der Waals surface area contributed by atoms with Crippen LogP contribution in [0.2, 0.25) is 0 Å². The summed E-state index contributed by atoms with van der Waals surface area (Å²) in [6.07, 6.45) is 3.53. The minimum Gasteiger partial charge on any atom is -0.363 e. The van der Waals surface area contributed by atoms with Gasteiger partial charge in [0.05, 0.1) is 17.9 Å². The lowest BCUT2D eigenvalue weighted by Crippen LogP contribution is -2.05. The van der Waals surface area contributed by atoms with Crippen LogP contribution in [0.3, 0.4) is 0 Å². The van der Waals surface area contributed by atoms with Crippen LogP contribution in [-0.4, -0.2) is 29.6 Å². The van der Waals surface area contributed by atoms with Crippen molar-refractivity contribution in [1.29, 1.82) is 0 Å². The van der Waals surface area contributed by atoms with Gasteiger partial charge >= 0.3 is 0 Å². The summed E-state index contributed by atoms with van der Waals surface area (Å²) in [7, 11) is 0. The molecule has 7 heteroatoms. The second-order valence-electron chi connectivity index (χ2n) is 5.29. The molecule has 0 radical (unpaired) electrons. The van der Waals surface area contributed by atoms with E-state index in [4.69, 9.17) is 0 Å². The summed E-state index contributed by atoms with van der Waals surface area (Å²) < 4.78 is 3.50. The second-order valence-corrected chi connectivity index (χ2v) is 5.29. The Kier molecular flexibility index (Phi) is 3.23. The van der Waals surface area contributed by atoms with E-state index in [0.29, 0.717) is 6.54 Å². The average molecular weight is 305 g/mol. The summed E-state index contributed by atoms with van der Waals surface area (Å²) in [6, 6.07) is 14.0. The maximum Gasteiger partial charge on any atom is 0.177 e. The molecule has 0 saturated carbocycles. The van der Waals surface area contributed by atoms with Crippen LogP contribution in [0.15, 0.2) is 55.0 Å². The fourth-order valence-corrected chi connectivity index (χ4v) is 2.30. The fourth-order valence-electron chi connectivity index (χ4n) is 2.30. The molecular formula is C16H15N7. The van der Waals surface area contributed by atoms with Crippen molar-refractivity contribution in [3.8, 4) is 5.69 Å². The first-order valence-corrected chi connectivity index (χ1v) is 7.30. The number of hydrogen-bond acceptors (Lipinski definition) is 5. The number of anilines is 1. The molecule has 1 aromatic carbocycles. The van der Waals surface area contributed by atoms with E-state index in [1.165, 1.54) is 5.56 Å². The monoisotopic (exact) mass is 305 g/mol. The molecule has 3 aromatic heterocycles. The van der Waals surface area contributed by atoms with Gasteiger partial charge in [-0.1, -0.05) is 17.7 Å². The predicted octanol–water partition coefficient (Wildman–Crippen LogP) is 2.23. The zero-order valence-corrected chi connectivity index (χ0v) is 12.6. The molecule has 0 saturated heterocycles. The Labute approximate surface area is 132 Å². The number of aromatic nitrogens is 6. The molecule has 0 atom stereocenters. The first-order valence-electron chi connectivity index (χ1n) is 7.30. The molecule has 0 fully saturated rings. The number of rotatable bonds is 4. The van der Waals surface area contributed by atoms with E-state index in [-0.39, 0.29) is 0 Å². The highest BCUT2D eigenvalue weighted by atomic mass is 15.4. The van der Waals surface area contributed by atoms with Gasteiger partial charge in [0.25, 0.3) is 0 Å². The highest BCUT2D eigenvalue weighted by Crippen LogP contribution is 2.10. The van der Waals surface area contributed by atoms with Gasteiger partial charge in [-0.2, -0.15) is 9.61 Å².